The van der Waals surface area contributed by atoms with Gasteiger partial charge in [-0.15, -0.1) is 0 Å². The van der Waals surface area contributed by atoms with Crippen molar-refractivity contribution in [3.8, 4) is 0 Å². The number of aromatic nitrogens is 3. The molecule has 0 aromatic carbocycles. The van der Waals surface area contributed by atoms with E-state index in [9.17, 15) is 8.42 Å². The van der Waals surface area contributed by atoms with Crippen LogP contribution in [0.5, 0.6) is 0 Å². The van der Waals surface area contributed by atoms with Crippen molar-refractivity contribution in [1.82, 2.24) is 14.8 Å². The van der Waals surface area contributed by atoms with Crippen LogP contribution >= 0.6 is 12.2 Å². The summed E-state index contributed by atoms with van der Waals surface area (Å²) in [6.45, 7) is 5.98. The Hall–Kier alpha value is -0.690. The van der Waals surface area contributed by atoms with Crippen LogP contribution in [0.15, 0.2) is 0 Å². The van der Waals surface area contributed by atoms with Crippen LogP contribution in [0.3, 0.4) is 0 Å². The number of rotatable bonds is 2. The third kappa shape index (κ3) is 2.18. The molecule has 0 aliphatic carbocycles. The second-order valence-electron chi connectivity index (χ2n) is 5.22. The Morgan fingerprint density at radius 3 is 2.65 bits per heavy atom. The Morgan fingerprint density at radius 2 is 2.18 bits per heavy atom. The fourth-order valence-corrected chi connectivity index (χ4v) is 4.86. The highest BCUT2D eigenvalue weighted by Crippen LogP contribution is 2.33. The number of hydrogen-bond donors (Lipinski definition) is 1. The molecule has 17 heavy (non-hydrogen) atoms. The molecule has 1 aromatic rings. The van der Waals surface area contributed by atoms with Gasteiger partial charge < -0.3 is 0 Å². The smallest absolute Gasteiger partial charge is 0.195 e. The summed E-state index contributed by atoms with van der Waals surface area (Å²) in [6, 6.07) is 0. The minimum Gasteiger partial charge on any atom is -0.297 e. The first kappa shape index (κ1) is 12.8. The molecule has 1 fully saturated rings. The molecule has 1 aliphatic heterocycles. The van der Waals surface area contributed by atoms with Gasteiger partial charge in [-0.25, -0.2) is 8.42 Å². The van der Waals surface area contributed by atoms with Gasteiger partial charge in [0.15, 0.2) is 14.6 Å². The summed E-state index contributed by atoms with van der Waals surface area (Å²) in [6.07, 6.45) is 0.600. The van der Waals surface area contributed by atoms with Crippen molar-refractivity contribution in [2.45, 2.75) is 38.6 Å². The molecule has 1 N–H and O–H groups in total. The van der Waals surface area contributed by atoms with Crippen molar-refractivity contribution in [2.75, 3.05) is 11.5 Å². The van der Waals surface area contributed by atoms with Crippen LogP contribution in [0.25, 0.3) is 0 Å². The van der Waals surface area contributed by atoms with Gasteiger partial charge in [-0.2, -0.15) is 5.10 Å². The number of nitrogens with zero attached hydrogens (tertiary/aromatic N) is 2. The fourth-order valence-electron chi connectivity index (χ4n) is 2.39. The fraction of sp³-hybridized carbons (Fsp3) is 0.800. The van der Waals surface area contributed by atoms with Crippen LogP contribution in [-0.2, 0) is 15.4 Å². The first-order valence-corrected chi connectivity index (χ1v) is 7.86. The number of hydrogen-bond acceptors (Lipinski definition) is 4. The van der Waals surface area contributed by atoms with Crippen molar-refractivity contribution in [3.63, 3.8) is 0 Å². The summed E-state index contributed by atoms with van der Waals surface area (Å²) >= 11 is 5.23. The number of H-pyrrole nitrogens is 1. The number of nitrogens with one attached hydrogen (secondary N) is 1. The Labute approximate surface area is 106 Å². The van der Waals surface area contributed by atoms with Crippen molar-refractivity contribution in [1.29, 1.82) is 0 Å². The molecule has 0 bridgehead atoms. The van der Waals surface area contributed by atoms with Gasteiger partial charge in [-0.1, -0.05) is 13.8 Å². The molecular formula is C10H17N3O2S2. The molecule has 1 atom stereocenters. The second-order valence-corrected chi connectivity index (χ2v) is 7.79. The average molecular weight is 275 g/mol. The maximum atomic E-state index is 11.7. The number of aromatic amines is 1. The molecule has 1 saturated heterocycles. The summed E-state index contributed by atoms with van der Waals surface area (Å²) in [5.41, 5.74) is -0.456. The maximum Gasteiger partial charge on any atom is 0.195 e. The largest absolute Gasteiger partial charge is 0.297 e. The monoisotopic (exact) mass is 275 g/mol. The molecule has 96 valence electrons. The minimum absolute atomic E-state index is 0.146. The Kier molecular flexibility index (Phi) is 2.94. The van der Waals surface area contributed by atoms with Gasteiger partial charge in [-0.05, 0) is 25.6 Å². The third-order valence-corrected chi connectivity index (χ3v) is 5.40. The highest BCUT2D eigenvalue weighted by molar-refractivity contribution is 7.91. The van der Waals surface area contributed by atoms with E-state index in [0.29, 0.717) is 11.2 Å². The van der Waals surface area contributed by atoms with E-state index >= 15 is 0 Å². The van der Waals surface area contributed by atoms with Gasteiger partial charge in [0.25, 0.3) is 0 Å². The second kappa shape index (κ2) is 3.91. The van der Waals surface area contributed by atoms with E-state index in [2.05, 4.69) is 10.2 Å². The molecule has 0 amide bonds. The lowest BCUT2D eigenvalue weighted by Crippen LogP contribution is -2.33. The Morgan fingerprint density at radius 1 is 1.53 bits per heavy atom. The molecule has 2 rings (SSSR count). The van der Waals surface area contributed by atoms with Gasteiger partial charge in [0.2, 0.25) is 0 Å². The van der Waals surface area contributed by atoms with Crippen LogP contribution in [0, 0.1) is 4.77 Å². The highest BCUT2D eigenvalue weighted by Gasteiger charge is 2.41. The van der Waals surface area contributed by atoms with Crippen LogP contribution in [-0.4, -0.2) is 34.7 Å². The summed E-state index contributed by atoms with van der Waals surface area (Å²) in [5.74, 6) is 1.42. The van der Waals surface area contributed by atoms with E-state index in [1.54, 1.807) is 0 Å². The topological polar surface area (TPSA) is 67.8 Å². The van der Waals surface area contributed by atoms with Gasteiger partial charge in [0.05, 0.1) is 17.0 Å². The summed E-state index contributed by atoms with van der Waals surface area (Å²) < 4.78 is 25.7. The zero-order valence-corrected chi connectivity index (χ0v) is 11.9. The first-order chi connectivity index (χ1) is 7.75. The van der Waals surface area contributed by atoms with E-state index in [-0.39, 0.29) is 17.4 Å². The molecular weight excluding hydrogens is 258 g/mol. The van der Waals surface area contributed by atoms with Gasteiger partial charge in [-0.3, -0.25) is 9.67 Å². The molecule has 7 heteroatoms. The van der Waals surface area contributed by atoms with Gasteiger partial charge in [0, 0.05) is 5.92 Å². The van der Waals surface area contributed by atoms with Gasteiger partial charge in [0.1, 0.15) is 5.82 Å². The maximum absolute atomic E-state index is 11.7. The van der Waals surface area contributed by atoms with E-state index in [4.69, 9.17) is 12.2 Å². The quantitative estimate of drug-likeness (QED) is 0.832. The molecule has 1 aromatic heterocycles. The lowest BCUT2D eigenvalue weighted by Gasteiger charge is -2.26. The highest BCUT2D eigenvalue weighted by atomic mass is 32.2. The molecule has 2 heterocycles. The lowest BCUT2D eigenvalue weighted by molar-refractivity contribution is 0.344. The van der Waals surface area contributed by atoms with Crippen LogP contribution in [0.4, 0.5) is 0 Å². The zero-order valence-electron chi connectivity index (χ0n) is 10.2. The molecule has 0 saturated carbocycles. The molecule has 1 aliphatic rings. The molecule has 0 spiro atoms. The van der Waals surface area contributed by atoms with E-state index in [1.807, 2.05) is 25.3 Å². The first-order valence-electron chi connectivity index (χ1n) is 5.63. The molecule has 5 nitrogen and oxygen atoms in total. The van der Waals surface area contributed by atoms with Gasteiger partial charge >= 0.3 is 0 Å². The predicted molar refractivity (Wildman–Crippen MR) is 68.4 cm³/mol. The minimum atomic E-state index is -2.95. The Balaban J connectivity index is 2.55. The third-order valence-electron chi connectivity index (χ3n) is 3.24. The van der Waals surface area contributed by atoms with Crippen LogP contribution in [0.2, 0.25) is 0 Å². The zero-order chi connectivity index (χ0) is 12.8. The summed E-state index contributed by atoms with van der Waals surface area (Å²) in [5, 5.41) is 6.97. The van der Waals surface area contributed by atoms with Crippen molar-refractivity contribution in [3.05, 3.63) is 10.6 Å². The molecule has 0 radical (unpaired) electrons. The van der Waals surface area contributed by atoms with E-state index in [1.165, 1.54) is 0 Å². The molecule has 1 unspecified atom stereocenters. The summed E-state index contributed by atoms with van der Waals surface area (Å²) in [7, 11) is -2.95. The van der Waals surface area contributed by atoms with Crippen LogP contribution < -0.4 is 0 Å². The van der Waals surface area contributed by atoms with Crippen LogP contribution in [0.1, 0.15) is 38.9 Å². The average Bonchev–Trinajstić information content (AvgIpc) is 2.68. The number of sulfone groups is 1. The lowest BCUT2D eigenvalue weighted by atomic mass is 10.0. The van der Waals surface area contributed by atoms with E-state index in [0.717, 1.165) is 5.82 Å². The Bertz CT molecular complexity index is 585. The van der Waals surface area contributed by atoms with Crippen molar-refractivity contribution < 1.29 is 8.42 Å². The SMILES string of the molecule is CC(C)c1n[nH]c(=S)n1C1(C)CCS(=O)(=O)C1. The van der Waals surface area contributed by atoms with E-state index < -0.39 is 15.4 Å². The summed E-state index contributed by atoms with van der Waals surface area (Å²) in [4.78, 5) is 0. The predicted octanol–water partition coefficient (Wildman–Crippen LogP) is 1.60. The van der Waals surface area contributed by atoms with Crippen molar-refractivity contribution >= 4 is 22.1 Å². The van der Waals surface area contributed by atoms with Crippen molar-refractivity contribution in [2.24, 2.45) is 0 Å². The normalized spacial score (nSPS) is 27.8. The standard InChI is InChI=1S/C10H17N3O2S2/c1-7(2)8-11-12-9(16)13(8)10(3)4-5-17(14,15)6-10/h7H,4-6H2,1-3H3,(H,12,16).